The lowest BCUT2D eigenvalue weighted by Gasteiger charge is -2.00. The van der Waals surface area contributed by atoms with Crippen molar-refractivity contribution in [3.05, 3.63) is 16.1 Å². The van der Waals surface area contributed by atoms with Gasteiger partial charge in [-0.15, -0.1) is 11.3 Å². The van der Waals surface area contributed by atoms with E-state index in [0.717, 1.165) is 18.9 Å². The number of nitrogens with zero attached hydrogens (tertiary/aromatic N) is 1. The smallest absolute Gasteiger partial charge is 0.0930 e. The minimum Gasteiger partial charge on any atom is -0.312 e. The van der Waals surface area contributed by atoms with Gasteiger partial charge in [0.2, 0.25) is 0 Å². The molecule has 3 heteroatoms. The maximum Gasteiger partial charge on any atom is 0.0930 e. The lowest BCUT2D eigenvalue weighted by atomic mass is 10.1. The largest absolute Gasteiger partial charge is 0.312 e. The van der Waals surface area contributed by atoms with Gasteiger partial charge in [0.05, 0.1) is 5.01 Å². The summed E-state index contributed by atoms with van der Waals surface area (Å²) in [6, 6.07) is 0. The third-order valence-electron chi connectivity index (χ3n) is 2.61. The monoisotopic (exact) mass is 224 g/mol. The molecule has 0 amide bonds. The second-order valence-electron chi connectivity index (χ2n) is 4.89. The zero-order valence-electron chi connectivity index (χ0n) is 9.62. The zero-order chi connectivity index (χ0) is 10.7. The molecule has 2 nitrogen and oxygen atoms in total. The van der Waals surface area contributed by atoms with E-state index in [1.807, 2.05) is 17.5 Å². The number of thiazole rings is 1. The van der Waals surface area contributed by atoms with Crippen LogP contribution in [0.4, 0.5) is 0 Å². The minimum atomic E-state index is 0.712. The molecule has 0 bridgehead atoms. The van der Waals surface area contributed by atoms with Gasteiger partial charge in [0, 0.05) is 24.0 Å². The van der Waals surface area contributed by atoms with E-state index in [0.29, 0.717) is 5.92 Å². The summed E-state index contributed by atoms with van der Waals surface area (Å²) in [6.07, 6.45) is 6.00. The molecule has 1 aromatic rings. The lowest BCUT2D eigenvalue weighted by Crippen LogP contribution is -2.15. The first-order valence-corrected chi connectivity index (χ1v) is 6.70. The van der Waals surface area contributed by atoms with E-state index in [1.165, 1.54) is 29.3 Å². The Labute approximate surface area is 96.1 Å². The van der Waals surface area contributed by atoms with Crippen LogP contribution in [0.5, 0.6) is 0 Å². The Morgan fingerprint density at radius 3 is 3.00 bits per heavy atom. The summed E-state index contributed by atoms with van der Waals surface area (Å²) in [4.78, 5) is 5.83. The summed E-state index contributed by atoms with van der Waals surface area (Å²) in [6.45, 7) is 6.68. The normalized spacial score (nSPS) is 16.2. The van der Waals surface area contributed by atoms with Gasteiger partial charge in [0.25, 0.3) is 0 Å². The molecule has 0 aromatic carbocycles. The summed E-state index contributed by atoms with van der Waals surface area (Å²) in [5.41, 5.74) is 0. The van der Waals surface area contributed by atoms with E-state index < -0.39 is 0 Å². The van der Waals surface area contributed by atoms with Gasteiger partial charge in [-0.25, -0.2) is 4.98 Å². The Balaban J connectivity index is 1.73. The first kappa shape index (κ1) is 11.1. The summed E-state index contributed by atoms with van der Waals surface area (Å²) in [7, 11) is 0. The van der Waals surface area contributed by atoms with E-state index in [-0.39, 0.29) is 0 Å². The molecule has 1 N–H and O–H groups in total. The quantitative estimate of drug-likeness (QED) is 0.803. The molecule has 2 rings (SSSR count). The topological polar surface area (TPSA) is 24.9 Å². The van der Waals surface area contributed by atoms with E-state index in [4.69, 9.17) is 0 Å². The molecular weight excluding hydrogens is 204 g/mol. The average Bonchev–Trinajstić information content (AvgIpc) is 2.88. The van der Waals surface area contributed by atoms with Crippen molar-refractivity contribution in [1.82, 2.24) is 10.3 Å². The predicted octanol–water partition coefficient (Wildman–Crippen LogP) is 2.84. The molecule has 1 saturated carbocycles. The van der Waals surface area contributed by atoms with Crippen molar-refractivity contribution in [2.75, 3.05) is 6.54 Å². The van der Waals surface area contributed by atoms with Crippen LogP contribution in [0.1, 0.15) is 36.6 Å². The molecule has 15 heavy (non-hydrogen) atoms. The molecule has 0 radical (unpaired) electrons. The molecule has 1 aromatic heterocycles. The van der Waals surface area contributed by atoms with Crippen LogP contribution in [-0.4, -0.2) is 11.5 Å². The summed E-state index contributed by atoms with van der Waals surface area (Å²) in [5, 5.41) is 4.79. The second-order valence-corrected chi connectivity index (χ2v) is 6.09. The van der Waals surface area contributed by atoms with Crippen LogP contribution in [0.15, 0.2) is 6.20 Å². The molecule has 0 aliphatic heterocycles. The molecule has 1 aliphatic rings. The van der Waals surface area contributed by atoms with Gasteiger partial charge in [-0.3, -0.25) is 0 Å². The highest BCUT2D eigenvalue weighted by atomic mass is 32.1. The molecular formula is C12H20N2S. The highest BCUT2D eigenvalue weighted by Gasteiger charge is 2.20. The molecule has 0 atom stereocenters. The lowest BCUT2D eigenvalue weighted by molar-refractivity contribution is 0.642. The average molecular weight is 224 g/mol. The van der Waals surface area contributed by atoms with Crippen molar-refractivity contribution >= 4 is 11.3 Å². The molecule has 84 valence electrons. The van der Waals surface area contributed by atoms with Gasteiger partial charge >= 0.3 is 0 Å². The maximum absolute atomic E-state index is 4.45. The van der Waals surface area contributed by atoms with Crippen molar-refractivity contribution in [3.63, 3.8) is 0 Å². The highest BCUT2D eigenvalue weighted by molar-refractivity contribution is 7.11. The molecule has 1 fully saturated rings. The first-order valence-electron chi connectivity index (χ1n) is 5.88. The van der Waals surface area contributed by atoms with E-state index in [2.05, 4.69) is 24.1 Å². The van der Waals surface area contributed by atoms with Crippen molar-refractivity contribution in [3.8, 4) is 0 Å². The van der Waals surface area contributed by atoms with E-state index in [1.54, 1.807) is 0 Å². The Kier molecular flexibility index (Phi) is 3.76. The number of hydrogen-bond donors (Lipinski definition) is 1. The van der Waals surface area contributed by atoms with Crippen LogP contribution in [0.2, 0.25) is 0 Å². The van der Waals surface area contributed by atoms with Crippen molar-refractivity contribution in [2.24, 2.45) is 11.8 Å². The summed E-state index contributed by atoms with van der Waals surface area (Å²) >= 11 is 1.86. The van der Waals surface area contributed by atoms with Gasteiger partial charge in [0.1, 0.15) is 0 Å². The molecule has 1 aliphatic carbocycles. The van der Waals surface area contributed by atoms with Crippen LogP contribution in [-0.2, 0) is 13.0 Å². The van der Waals surface area contributed by atoms with Crippen molar-refractivity contribution in [1.29, 1.82) is 0 Å². The van der Waals surface area contributed by atoms with Crippen LogP contribution >= 0.6 is 11.3 Å². The second kappa shape index (κ2) is 5.08. The van der Waals surface area contributed by atoms with Crippen LogP contribution in [0.25, 0.3) is 0 Å². The molecule has 0 saturated heterocycles. The molecule has 0 unspecified atom stereocenters. The third kappa shape index (κ3) is 3.92. The SMILES string of the molecule is CC(C)Cc1ncc(CNCC2CC2)s1. The zero-order valence-corrected chi connectivity index (χ0v) is 10.4. The number of hydrogen-bond acceptors (Lipinski definition) is 3. The van der Waals surface area contributed by atoms with Gasteiger partial charge in [-0.1, -0.05) is 13.8 Å². The Morgan fingerprint density at radius 2 is 2.33 bits per heavy atom. The van der Waals surface area contributed by atoms with Crippen LogP contribution in [0.3, 0.4) is 0 Å². The molecule has 1 heterocycles. The fourth-order valence-corrected chi connectivity index (χ4v) is 2.70. The summed E-state index contributed by atoms with van der Waals surface area (Å²) in [5.74, 6) is 1.68. The first-order chi connectivity index (χ1) is 7.24. The fraction of sp³-hybridized carbons (Fsp3) is 0.750. The standard InChI is InChI=1S/C12H20N2S/c1-9(2)5-12-14-8-11(15-12)7-13-6-10-3-4-10/h8-10,13H,3-7H2,1-2H3. The van der Waals surface area contributed by atoms with Gasteiger partial charge in [0.15, 0.2) is 0 Å². The minimum absolute atomic E-state index is 0.712. The fourth-order valence-electron chi connectivity index (χ4n) is 1.59. The van der Waals surface area contributed by atoms with E-state index >= 15 is 0 Å². The van der Waals surface area contributed by atoms with Crippen molar-refractivity contribution in [2.45, 2.75) is 39.7 Å². The van der Waals surface area contributed by atoms with Crippen LogP contribution < -0.4 is 5.32 Å². The predicted molar refractivity (Wildman–Crippen MR) is 65.1 cm³/mol. The molecule has 0 spiro atoms. The van der Waals surface area contributed by atoms with Gasteiger partial charge in [-0.05, 0) is 31.2 Å². The Bertz CT molecular complexity index is 302. The number of aromatic nitrogens is 1. The highest BCUT2D eigenvalue weighted by Crippen LogP contribution is 2.27. The summed E-state index contributed by atoms with van der Waals surface area (Å²) < 4.78 is 0. The number of nitrogens with one attached hydrogen (secondary N) is 1. The van der Waals surface area contributed by atoms with Crippen molar-refractivity contribution < 1.29 is 0 Å². The van der Waals surface area contributed by atoms with E-state index in [9.17, 15) is 0 Å². The third-order valence-corrected chi connectivity index (χ3v) is 3.63. The maximum atomic E-state index is 4.45. The Morgan fingerprint density at radius 1 is 1.53 bits per heavy atom. The number of rotatable bonds is 6. The van der Waals surface area contributed by atoms with Crippen LogP contribution in [0, 0.1) is 11.8 Å². The van der Waals surface area contributed by atoms with Gasteiger partial charge in [-0.2, -0.15) is 0 Å². The Hall–Kier alpha value is -0.410. The van der Waals surface area contributed by atoms with Gasteiger partial charge < -0.3 is 5.32 Å².